The van der Waals surface area contributed by atoms with E-state index in [1.54, 1.807) is 7.11 Å². The largest absolute Gasteiger partial charge is 0.380 e. The number of carbonyl (C=O) groups is 1. The predicted molar refractivity (Wildman–Crippen MR) is 74.1 cm³/mol. The molecule has 1 atom stereocenters. The highest BCUT2D eigenvalue weighted by Gasteiger charge is 2.36. The van der Waals surface area contributed by atoms with E-state index in [4.69, 9.17) is 4.74 Å². The Morgan fingerprint density at radius 3 is 2.84 bits per heavy atom. The molecule has 1 N–H and O–H groups in total. The van der Waals surface area contributed by atoms with Crippen LogP contribution in [0.15, 0.2) is 24.3 Å². The first kappa shape index (κ1) is 12.6. The minimum Gasteiger partial charge on any atom is -0.380 e. The second-order valence-corrected chi connectivity index (χ2v) is 5.33. The number of hydrogen-bond donors (Lipinski definition) is 1. The fraction of sp³-hybridized carbons (Fsp3) is 0.533. The highest BCUT2D eigenvalue weighted by atomic mass is 16.5. The first-order chi connectivity index (χ1) is 9.29. The van der Waals surface area contributed by atoms with E-state index in [-0.39, 0.29) is 11.9 Å². The Kier molecular flexibility index (Phi) is 3.53. The summed E-state index contributed by atoms with van der Waals surface area (Å²) in [6.07, 6.45) is 3.32. The van der Waals surface area contributed by atoms with Crippen LogP contribution in [0.2, 0.25) is 0 Å². The molecule has 1 aliphatic heterocycles. The number of ether oxygens (including phenoxy) is 1. The van der Waals surface area contributed by atoms with Crippen LogP contribution in [0.3, 0.4) is 0 Å². The molecule has 0 spiro atoms. The molecule has 102 valence electrons. The van der Waals surface area contributed by atoms with Crippen molar-refractivity contribution in [2.45, 2.75) is 38.0 Å². The molecule has 1 aromatic carbocycles. The highest BCUT2D eigenvalue weighted by Crippen LogP contribution is 2.28. The molecule has 1 amide bonds. The minimum absolute atomic E-state index is 0.00287. The number of anilines is 1. The summed E-state index contributed by atoms with van der Waals surface area (Å²) >= 11 is 0. The van der Waals surface area contributed by atoms with E-state index in [0.717, 1.165) is 24.2 Å². The molecule has 0 aromatic heterocycles. The molecular formula is C15H20N2O2. The van der Waals surface area contributed by atoms with Crippen LogP contribution in [0.1, 0.15) is 24.8 Å². The van der Waals surface area contributed by atoms with Gasteiger partial charge in [-0.25, -0.2) is 0 Å². The van der Waals surface area contributed by atoms with Crippen LogP contribution >= 0.6 is 0 Å². The fourth-order valence-corrected chi connectivity index (χ4v) is 2.66. The third-order valence-electron chi connectivity index (χ3n) is 3.80. The lowest BCUT2D eigenvalue weighted by Gasteiger charge is -2.20. The molecule has 2 aliphatic rings. The number of carbonyl (C=O) groups excluding carboxylic acids is 1. The summed E-state index contributed by atoms with van der Waals surface area (Å²) in [6, 6.07) is 8.56. The maximum absolute atomic E-state index is 12.4. The lowest BCUT2D eigenvalue weighted by molar-refractivity contribution is -0.118. The molecule has 3 rings (SSSR count). The molecule has 4 nitrogen and oxygen atoms in total. The van der Waals surface area contributed by atoms with Crippen molar-refractivity contribution in [3.05, 3.63) is 29.8 Å². The molecule has 1 aliphatic carbocycles. The molecule has 0 radical (unpaired) electrons. The Labute approximate surface area is 113 Å². The average Bonchev–Trinajstić information content (AvgIpc) is 3.16. The second kappa shape index (κ2) is 5.31. The van der Waals surface area contributed by atoms with Crippen molar-refractivity contribution in [1.82, 2.24) is 5.32 Å². The van der Waals surface area contributed by atoms with Gasteiger partial charge < -0.3 is 15.0 Å². The van der Waals surface area contributed by atoms with Crippen LogP contribution in [-0.2, 0) is 16.1 Å². The molecule has 1 aromatic rings. The number of hydrogen-bond acceptors (Lipinski definition) is 3. The molecule has 0 bridgehead atoms. The van der Waals surface area contributed by atoms with Gasteiger partial charge in [0.25, 0.3) is 0 Å². The molecule has 1 unspecified atom stereocenters. The average molecular weight is 260 g/mol. The number of benzene rings is 1. The summed E-state index contributed by atoms with van der Waals surface area (Å²) < 4.78 is 5.21. The van der Waals surface area contributed by atoms with Gasteiger partial charge in [-0.3, -0.25) is 4.79 Å². The number of rotatable bonds is 5. The number of amides is 1. The Morgan fingerprint density at radius 2 is 2.11 bits per heavy atom. The van der Waals surface area contributed by atoms with Gasteiger partial charge >= 0.3 is 0 Å². The van der Waals surface area contributed by atoms with Gasteiger partial charge in [-0.2, -0.15) is 0 Å². The molecular weight excluding hydrogens is 240 g/mol. The Bertz CT molecular complexity index is 471. The van der Waals surface area contributed by atoms with Crippen molar-refractivity contribution in [1.29, 1.82) is 0 Å². The van der Waals surface area contributed by atoms with Crippen molar-refractivity contribution in [2.75, 3.05) is 18.6 Å². The van der Waals surface area contributed by atoms with Crippen LogP contribution in [0.25, 0.3) is 0 Å². The molecule has 1 saturated carbocycles. The van der Waals surface area contributed by atoms with Crippen LogP contribution in [0.5, 0.6) is 0 Å². The third-order valence-corrected chi connectivity index (χ3v) is 3.80. The van der Waals surface area contributed by atoms with E-state index in [2.05, 4.69) is 5.32 Å². The summed E-state index contributed by atoms with van der Waals surface area (Å²) in [5.41, 5.74) is 2.07. The van der Waals surface area contributed by atoms with Gasteiger partial charge in [0.05, 0.1) is 12.6 Å². The molecule has 19 heavy (non-hydrogen) atoms. The molecule has 1 heterocycles. The Morgan fingerprint density at radius 1 is 1.32 bits per heavy atom. The van der Waals surface area contributed by atoms with Gasteiger partial charge in [0.1, 0.15) is 0 Å². The van der Waals surface area contributed by atoms with E-state index in [0.29, 0.717) is 12.6 Å². The van der Waals surface area contributed by atoms with Crippen molar-refractivity contribution in [2.24, 2.45) is 0 Å². The van der Waals surface area contributed by atoms with Gasteiger partial charge in [0.2, 0.25) is 5.91 Å². The SMILES string of the molecule is COCc1ccccc1N1CCC(NC2CC2)C1=O. The maximum Gasteiger partial charge on any atom is 0.244 e. The Balaban J connectivity index is 1.76. The molecule has 4 heteroatoms. The topological polar surface area (TPSA) is 41.6 Å². The van der Waals surface area contributed by atoms with E-state index in [1.165, 1.54) is 12.8 Å². The van der Waals surface area contributed by atoms with Crippen molar-refractivity contribution in [3.8, 4) is 0 Å². The van der Waals surface area contributed by atoms with E-state index < -0.39 is 0 Å². The fourth-order valence-electron chi connectivity index (χ4n) is 2.66. The Hall–Kier alpha value is -1.39. The molecule has 1 saturated heterocycles. The van der Waals surface area contributed by atoms with Gasteiger partial charge in [0.15, 0.2) is 0 Å². The zero-order valence-corrected chi connectivity index (χ0v) is 11.3. The highest BCUT2D eigenvalue weighted by molar-refractivity contribution is 6.00. The number of methoxy groups -OCH3 is 1. The van der Waals surface area contributed by atoms with Crippen LogP contribution in [0.4, 0.5) is 5.69 Å². The smallest absolute Gasteiger partial charge is 0.244 e. The lowest BCUT2D eigenvalue weighted by Crippen LogP contribution is -2.39. The summed E-state index contributed by atoms with van der Waals surface area (Å²) in [6.45, 7) is 1.34. The van der Waals surface area contributed by atoms with Crippen LogP contribution < -0.4 is 10.2 Å². The van der Waals surface area contributed by atoms with E-state index >= 15 is 0 Å². The summed E-state index contributed by atoms with van der Waals surface area (Å²) in [7, 11) is 1.68. The van der Waals surface area contributed by atoms with Crippen LogP contribution in [0, 0.1) is 0 Å². The first-order valence-corrected chi connectivity index (χ1v) is 6.94. The zero-order valence-electron chi connectivity index (χ0n) is 11.3. The minimum atomic E-state index is 0.00287. The summed E-state index contributed by atoms with van der Waals surface area (Å²) in [4.78, 5) is 14.3. The van der Waals surface area contributed by atoms with Gasteiger partial charge in [-0.1, -0.05) is 18.2 Å². The van der Waals surface area contributed by atoms with Crippen LogP contribution in [-0.4, -0.2) is 31.6 Å². The summed E-state index contributed by atoms with van der Waals surface area (Å²) in [5.74, 6) is 0.204. The second-order valence-electron chi connectivity index (χ2n) is 5.33. The van der Waals surface area contributed by atoms with Gasteiger partial charge in [-0.15, -0.1) is 0 Å². The number of para-hydroxylation sites is 1. The van der Waals surface area contributed by atoms with Gasteiger partial charge in [-0.05, 0) is 25.3 Å². The quantitative estimate of drug-likeness (QED) is 0.876. The van der Waals surface area contributed by atoms with E-state index in [1.807, 2.05) is 29.2 Å². The standard InChI is InChI=1S/C15H20N2O2/c1-19-10-11-4-2-3-5-14(11)17-9-8-13(15(17)18)16-12-6-7-12/h2-5,12-13,16H,6-10H2,1H3. The third kappa shape index (κ3) is 2.65. The normalized spacial score (nSPS) is 23.1. The first-order valence-electron chi connectivity index (χ1n) is 6.94. The van der Waals surface area contributed by atoms with Crippen molar-refractivity contribution in [3.63, 3.8) is 0 Å². The summed E-state index contributed by atoms with van der Waals surface area (Å²) in [5, 5.41) is 3.43. The number of nitrogens with zero attached hydrogens (tertiary/aromatic N) is 1. The lowest BCUT2D eigenvalue weighted by atomic mass is 10.1. The van der Waals surface area contributed by atoms with E-state index in [9.17, 15) is 4.79 Å². The zero-order chi connectivity index (χ0) is 13.2. The monoisotopic (exact) mass is 260 g/mol. The predicted octanol–water partition coefficient (Wildman–Crippen LogP) is 1.69. The number of nitrogens with one attached hydrogen (secondary N) is 1. The van der Waals surface area contributed by atoms with Crippen molar-refractivity contribution < 1.29 is 9.53 Å². The van der Waals surface area contributed by atoms with Crippen molar-refractivity contribution >= 4 is 11.6 Å². The molecule has 2 fully saturated rings. The van der Waals surface area contributed by atoms with Gasteiger partial charge in [0, 0.05) is 30.9 Å². The maximum atomic E-state index is 12.4.